The molecule has 1 unspecified atom stereocenters. The fourth-order valence-electron chi connectivity index (χ4n) is 3.29. The molecule has 1 heterocycles. The van der Waals surface area contributed by atoms with Gasteiger partial charge >= 0.3 is 5.97 Å². The molecule has 0 saturated heterocycles. The maximum atomic E-state index is 12.0. The molecule has 0 fully saturated rings. The molecule has 0 aromatic heterocycles. The van der Waals surface area contributed by atoms with E-state index in [4.69, 9.17) is 14.2 Å². The number of rotatable bonds is 5. The van der Waals surface area contributed by atoms with Gasteiger partial charge in [0.05, 0.1) is 27.4 Å². The van der Waals surface area contributed by atoms with Crippen LogP contribution in [0.4, 0.5) is 0 Å². The molecule has 0 amide bonds. The molecular formula is C21H23NO4. The summed E-state index contributed by atoms with van der Waals surface area (Å²) in [6.07, 6.45) is 2.08. The largest absolute Gasteiger partial charge is 0.493 e. The molecule has 5 heteroatoms. The first-order chi connectivity index (χ1) is 12.6. The Morgan fingerprint density at radius 3 is 2.31 bits per heavy atom. The molecule has 0 radical (unpaired) electrons. The van der Waals surface area contributed by atoms with E-state index in [2.05, 4.69) is 17.9 Å². The second-order valence-electron chi connectivity index (χ2n) is 6.11. The fourth-order valence-corrected chi connectivity index (χ4v) is 3.29. The quantitative estimate of drug-likeness (QED) is 0.766. The van der Waals surface area contributed by atoms with Crippen LogP contribution >= 0.6 is 0 Å². The normalized spacial score (nSPS) is 15.8. The van der Waals surface area contributed by atoms with E-state index in [9.17, 15) is 4.79 Å². The predicted molar refractivity (Wildman–Crippen MR) is 101 cm³/mol. The molecule has 1 aliphatic heterocycles. The van der Waals surface area contributed by atoms with Crippen molar-refractivity contribution in [1.29, 1.82) is 0 Å². The van der Waals surface area contributed by atoms with Gasteiger partial charge in [0.2, 0.25) is 0 Å². The van der Waals surface area contributed by atoms with Gasteiger partial charge in [0.15, 0.2) is 11.5 Å². The van der Waals surface area contributed by atoms with Crippen LogP contribution in [-0.4, -0.2) is 38.7 Å². The molecule has 0 bridgehead atoms. The second kappa shape index (κ2) is 7.52. The molecule has 5 nitrogen and oxygen atoms in total. The number of benzene rings is 2. The lowest BCUT2D eigenvalue weighted by molar-refractivity contribution is -0.141. The summed E-state index contributed by atoms with van der Waals surface area (Å²) in [4.78, 5) is 14.1. The third-order valence-corrected chi connectivity index (χ3v) is 4.71. The SMILES string of the molecule is COC(=O)CN1C(c2ccccc2)=Cc2cc(OC)c(OC)cc2C1C. The van der Waals surface area contributed by atoms with Gasteiger partial charge in [-0.1, -0.05) is 30.3 Å². The summed E-state index contributed by atoms with van der Waals surface area (Å²) in [5, 5.41) is 0. The fraction of sp³-hybridized carbons (Fsp3) is 0.286. The third-order valence-electron chi connectivity index (χ3n) is 4.71. The Balaban J connectivity index is 2.15. The van der Waals surface area contributed by atoms with Crippen LogP contribution in [0, 0.1) is 0 Å². The van der Waals surface area contributed by atoms with Gasteiger partial charge in [0.25, 0.3) is 0 Å². The van der Waals surface area contributed by atoms with E-state index in [1.165, 1.54) is 7.11 Å². The summed E-state index contributed by atoms with van der Waals surface area (Å²) in [6, 6.07) is 13.9. The maximum absolute atomic E-state index is 12.0. The lowest BCUT2D eigenvalue weighted by Gasteiger charge is -2.37. The smallest absolute Gasteiger partial charge is 0.325 e. The molecule has 2 aromatic rings. The van der Waals surface area contributed by atoms with E-state index in [0.717, 1.165) is 22.4 Å². The zero-order valence-electron chi connectivity index (χ0n) is 15.5. The number of carbonyl (C=O) groups excluding carboxylic acids is 1. The van der Waals surface area contributed by atoms with Crippen LogP contribution < -0.4 is 9.47 Å². The standard InChI is InChI=1S/C21H23NO4/c1-14-17-12-20(25-3)19(24-2)11-16(17)10-18(15-8-6-5-7-9-15)22(14)13-21(23)26-4/h5-12,14H,13H2,1-4H3. The minimum atomic E-state index is -0.275. The zero-order chi connectivity index (χ0) is 18.7. The van der Waals surface area contributed by atoms with Gasteiger partial charge in [-0.05, 0) is 41.8 Å². The number of ether oxygens (including phenoxy) is 3. The molecule has 136 valence electrons. The minimum absolute atomic E-state index is 0.0240. The summed E-state index contributed by atoms with van der Waals surface area (Å²) < 4.78 is 15.8. The van der Waals surface area contributed by atoms with Crippen LogP contribution in [0.25, 0.3) is 11.8 Å². The van der Waals surface area contributed by atoms with E-state index in [1.54, 1.807) is 14.2 Å². The highest BCUT2D eigenvalue weighted by Crippen LogP contribution is 2.42. The number of fused-ring (bicyclic) bond motifs is 1. The average Bonchev–Trinajstić information content (AvgIpc) is 2.69. The monoisotopic (exact) mass is 353 g/mol. The highest BCUT2D eigenvalue weighted by molar-refractivity contribution is 5.86. The maximum Gasteiger partial charge on any atom is 0.325 e. The molecule has 0 N–H and O–H groups in total. The van der Waals surface area contributed by atoms with Crippen molar-refractivity contribution >= 4 is 17.7 Å². The van der Waals surface area contributed by atoms with Crippen LogP contribution in [0.15, 0.2) is 42.5 Å². The summed E-state index contributed by atoms with van der Waals surface area (Å²) >= 11 is 0. The summed E-state index contributed by atoms with van der Waals surface area (Å²) in [6.45, 7) is 2.25. The molecule has 1 atom stereocenters. The Morgan fingerprint density at radius 1 is 1.04 bits per heavy atom. The number of hydrogen-bond donors (Lipinski definition) is 0. The predicted octanol–water partition coefficient (Wildman–Crippen LogP) is 3.75. The third kappa shape index (κ3) is 3.25. The molecule has 0 spiro atoms. The van der Waals surface area contributed by atoms with Crippen LogP contribution in [0.1, 0.15) is 29.7 Å². The lowest BCUT2D eigenvalue weighted by atomic mass is 9.92. The molecule has 2 aromatic carbocycles. The summed E-state index contributed by atoms with van der Waals surface area (Å²) in [7, 11) is 4.65. The van der Waals surface area contributed by atoms with E-state index in [-0.39, 0.29) is 18.6 Å². The highest BCUT2D eigenvalue weighted by atomic mass is 16.5. The Kier molecular flexibility index (Phi) is 5.16. The lowest BCUT2D eigenvalue weighted by Crippen LogP contribution is -2.34. The van der Waals surface area contributed by atoms with Gasteiger partial charge in [-0.3, -0.25) is 4.79 Å². The van der Waals surface area contributed by atoms with Crippen LogP contribution in [0.2, 0.25) is 0 Å². The van der Waals surface area contributed by atoms with Crippen molar-refractivity contribution in [2.75, 3.05) is 27.9 Å². The summed E-state index contributed by atoms with van der Waals surface area (Å²) in [5.41, 5.74) is 4.15. The van der Waals surface area contributed by atoms with Crippen LogP contribution in [0.3, 0.4) is 0 Å². The van der Waals surface area contributed by atoms with Crippen molar-refractivity contribution in [3.8, 4) is 11.5 Å². The van der Waals surface area contributed by atoms with E-state index < -0.39 is 0 Å². The van der Waals surface area contributed by atoms with Gasteiger partial charge in [0, 0.05) is 5.70 Å². The second-order valence-corrected chi connectivity index (χ2v) is 6.11. The van der Waals surface area contributed by atoms with Crippen molar-refractivity contribution in [3.63, 3.8) is 0 Å². The number of nitrogens with zero attached hydrogens (tertiary/aromatic N) is 1. The Bertz CT molecular complexity index is 829. The molecule has 1 aliphatic rings. The van der Waals surface area contributed by atoms with Crippen molar-refractivity contribution in [3.05, 3.63) is 59.2 Å². The Morgan fingerprint density at radius 2 is 1.69 bits per heavy atom. The number of carbonyl (C=O) groups is 1. The number of esters is 1. The average molecular weight is 353 g/mol. The number of methoxy groups -OCH3 is 3. The van der Waals surface area contributed by atoms with Crippen molar-refractivity contribution in [2.45, 2.75) is 13.0 Å². The Labute approximate surface area is 153 Å². The highest BCUT2D eigenvalue weighted by Gasteiger charge is 2.29. The van der Waals surface area contributed by atoms with Gasteiger partial charge < -0.3 is 19.1 Å². The minimum Gasteiger partial charge on any atom is -0.493 e. The van der Waals surface area contributed by atoms with E-state index in [1.807, 2.05) is 42.5 Å². The first-order valence-electron chi connectivity index (χ1n) is 8.45. The zero-order valence-corrected chi connectivity index (χ0v) is 15.5. The summed E-state index contributed by atoms with van der Waals surface area (Å²) in [5.74, 6) is 1.08. The number of hydrogen-bond acceptors (Lipinski definition) is 5. The first kappa shape index (κ1) is 17.9. The first-order valence-corrected chi connectivity index (χ1v) is 8.45. The van der Waals surface area contributed by atoms with Crippen LogP contribution in [-0.2, 0) is 9.53 Å². The van der Waals surface area contributed by atoms with Crippen molar-refractivity contribution < 1.29 is 19.0 Å². The molecule has 0 saturated carbocycles. The van der Waals surface area contributed by atoms with Crippen molar-refractivity contribution in [2.24, 2.45) is 0 Å². The van der Waals surface area contributed by atoms with Gasteiger partial charge in [0.1, 0.15) is 6.54 Å². The molecule has 0 aliphatic carbocycles. The molecular weight excluding hydrogens is 330 g/mol. The molecule has 26 heavy (non-hydrogen) atoms. The molecule has 3 rings (SSSR count). The Hall–Kier alpha value is -2.95. The van der Waals surface area contributed by atoms with Gasteiger partial charge in [-0.2, -0.15) is 0 Å². The van der Waals surface area contributed by atoms with Gasteiger partial charge in [-0.15, -0.1) is 0 Å². The van der Waals surface area contributed by atoms with Crippen molar-refractivity contribution in [1.82, 2.24) is 4.90 Å². The van der Waals surface area contributed by atoms with Gasteiger partial charge in [-0.25, -0.2) is 0 Å². The topological polar surface area (TPSA) is 48.0 Å². The van der Waals surface area contributed by atoms with Crippen LogP contribution in [0.5, 0.6) is 11.5 Å². The van der Waals surface area contributed by atoms with E-state index in [0.29, 0.717) is 11.5 Å². The van der Waals surface area contributed by atoms with E-state index >= 15 is 0 Å².